The molecule has 4 rings (SSSR count). The van der Waals surface area contributed by atoms with Crippen molar-refractivity contribution in [3.8, 4) is 0 Å². The van der Waals surface area contributed by atoms with Crippen LogP contribution in [-0.4, -0.2) is 47.8 Å². The molecule has 0 saturated carbocycles. The maximum absolute atomic E-state index is 13.4. The number of carbonyl (C=O) groups excluding carboxylic acids is 1. The second kappa shape index (κ2) is 11.6. The van der Waals surface area contributed by atoms with Gasteiger partial charge in [0.2, 0.25) is 5.91 Å². The van der Waals surface area contributed by atoms with Crippen molar-refractivity contribution in [1.82, 2.24) is 10.2 Å². The zero-order chi connectivity index (χ0) is 29.5. The standard InChI is InChI=1S/C31H48BF3N2O3/c1-28(2,3)36-27(38)25(10-8-9-17-32-39-29(4,5)30(6,7)40-32)21-15-18-37(19-16-21)26-14-11-22-20-23(31(33,34)35)12-13-24(22)26/h12-13,20-21,25-26H,8-11,14-19H2,1-7H3,(H,36,38). The quantitative estimate of drug-likeness (QED) is 0.268. The van der Waals surface area contributed by atoms with Gasteiger partial charge in [0, 0.05) is 17.5 Å². The highest BCUT2D eigenvalue weighted by molar-refractivity contribution is 6.45. The number of benzene rings is 1. The van der Waals surface area contributed by atoms with Crippen molar-refractivity contribution in [1.29, 1.82) is 0 Å². The fraction of sp³-hybridized carbons (Fsp3) is 0.774. The molecule has 1 N–H and O–H groups in total. The number of amides is 1. The third kappa shape index (κ3) is 7.25. The van der Waals surface area contributed by atoms with Crippen molar-refractivity contribution in [3.63, 3.8) is 0 Å². The first-order valence-electron chi connectivity index (χ1n) is 15.1. The van der Waals surface area contributed by atoms with Crippen molar-refractivity contribution in [2.75, 3.05) is 13.1 Å². The number of rotatable bonds is 8. The lowest BCUT2D eigenvalue weighted by molar-refractivity contribution is -0.137. The van der Waals surface area contributed by atoms with Gasteiger partial charge in [-0.2, -0.15) is 13.2 Å². The number of hydrogen-bond donors (Lipinski definition) is 1. The van der Waals surface area contributed by atoms with E-state index in [2.05, 4.69) is 37.9 Å². The predicted octanol–water partition coefficient (Wildman–Crippen LogP) is 7.20. The van der Waals surface area contributed by atoms with Gasteiger partial charge in [-0.3, -0.25) is 9.69 Å². The number of likely N-dealkylation sites (tertiary alicyclic amines) is 1. The first-order valence-corrected chi connectivity index (χ1v) is 15.1. The van der Waals surface area contributed by atoms with Gasteiger partial charge >= 0.3 is 13.3 Å². The highest BCUT2D eigenvalue weighted by Gasteiger charge is 2.50. The van der Waals surface area contributed by atoms with Gasteiger partial charge in [-0.05, 0) is 129 Å². The third-order valence-corrected chi connectivity index (χ3v) is 9.44. The van der Waals surface area contributed by atoms with Crippen LogP contribution < -0.4 is 5.32 Å². The fourth-order valence-corrected chi connectivity index (χ4v) is 6.59. The molecule has 0 bridgehead atoms. The molecule has 40 heavy (non-hydrogen) atoms. The topological polar surface area (TPSA) is 50.8 Å². The molecular weight excluding hydrogens is 516 g/mol. The summed E-state index contributed by atoms with van der Waals surface area (Å²) in [6, 6.07) is 4.40. The highest BCUT2D eigenvalue weighted by atomic mass is 19.4. The van der Waals surface area contributed by atoms with E-state index < -0.39 is 11.7 Å². The first-order chi connectivity index (χ1) is 18.5. The van der Waals surface area contributed by atoms with E-state index >= 15 is 0 Å². The third-order valence-electron chi connectivity index (χ3n) is 9.44. The summed E-state index contributed by atoms with van der Waals surface area (Å²) < 4.78 is 51.9. The zero-order valence-corrected chi connectivity index (χ0v) is 25.4. The summed E-state index contributed by atoms with van der Waals surface area (Å²) in [6.45, 7) is 16.0. The van der Waals surface area contributed by atoms with Crippen LogP contribution in [0.4, 0.5) is 13.2 Å². The van der Waals surface area contributed by atoms with Crippen LogP contribution in [0.15, 0.2) is 18.2 Å². The summed E-state index contributed by atoms with van der Waals surface area (Å²) in [5.74, 6) is 0.376. The number of aryl methyl sites for hydroxylation is 1. The van der Waals surface area contributed by atoms with E-state index in [0.29, 0.717) is 12.3 Å². The van der Waals surface area contributed by atoms with Crippen LogP contribution in [-0.2, 0) is 26.7 Å². The SMILES string of the molecule is CC(C)(C)NC(=O)C(CCCCB1OC(C)(C)C(C)(C)O1)C1CCN(C2CCc3cc(C(F)(F)F)ccc32)CC1. The molecule has 2 atom stereocenters. The van der Waals surface area contributed by atoms with Crippen LogP contribution in [0.1, 0.15) is 110 Å². The van der Waals surface area contributed by atoms with Crippen LogP contribution in [0.2, 0.25) is 6.32 Å². The van der Waals surface area contributed by atoms with E-state index in [0.717, 1.165) is 69.1 Å². The zero-order valence-electron chi connectivity index (χ0n) is 25.4. The molecule has 1 aromatic rings. The monoisotopic (exact) mass is 564 g/mol. The van der Waals surface area contributed by atoms with Gasteiger partial charge in [0.05, 0.1) is 16.8 Å². The maximum atomic E-state index is 13.4. The lowest BCUT2D eigenvalue weighted by atomic mass is 9.77. The molecule has 1 aromatic carbocycles. The van der Waals surface area contributed by atoms with Crippen molar-refractivity contribution >= 4 is 13.0 Å². The molecule has 2 fully saturated rings. The largest absolute Gasteiger partial charge is 0.457 e. The molecule has 224 valence electrons. The molecule has 1 aliphatic carbocycles. The molecule has 3 aliphatic rings. The molecule has 2 saturated heterocycles. The number of piperidine rings is 1. The second-order valence-corrected chi connectivity index (χ2v) is 14.2. The lowest BCUT2D eigenvalue weighted by Crippen LogP contribution is -2.47. The Morgan fingerprint density at radius 3 is 2.25 bits per heavy atom. The summed E-state index contributed by atoms with van der Waals surface area (Å²) in [5, 5.41) is 3.22. The summed E-state index contributed by atoms with van der Waals surface area (Å²) in [4.78, 5) is 15.9. The van der Waals surface area contributed by atoms with Gasteiger partial charge in [-0.25, -0.2) is 0 Å². The molecule has 1 amide bonds. The number of carbonyl (C=O) groups is 1. The number of unbranched alkanes of at least 4 members (excludes halogenated alkanes) is 1. The van der Waals surface area contributed by atoms with Gasteiger partial charge < -0.3 is 14.6 Å². The van der Waals surface area contributed by atoms with Gasteiger partial charge in [0.1, 0.15) is 0 Å². The Bertz CT molecular complexity index is 1030. The smallest absolute Gasteiger partial charge is 0.403 e. The Morgan fingerprint density at radius 1 is 1.05 bits per heavy atom. The molecule has 2 heterocycles. The number of hydrogen-bond acceptors (Lipinski definition) is 4. The van der Waals surface area contributed by atoms with Crippen LogP contribution in [0.3, 0.4) is 0 Å². The van der Waals surface area contributed by atoms with Gasteiger partial charge in [-0.15, -0.1) is 0 Å². The molecule has 2 unspecified atom stereocenters. The number of halogens is 3. The normalized spacial score (nSPS) is 24.2. The number of alkyl halides is 3. The fourth-order valence-electron chi connectivity index (χ4n) is 6.59. The van der Waals surface area contributed by atoms with Crippen LogP contribution in [0.25, 0.3) is 0 Å². The van der Waals surface area contributed by atoms with E-state index in [1.54, 1.807) is 6.07 Å². The molecule has 5 nitrogen and oxygen atoms in total. The average Bonchev–Trinajstić information content (AvgIpc) is 3.34. The molecule has 0 aromatic heterocycles. The van der Waals surface area contributed by atoms with Crippen molar-refractivity contribution in [2.24, 2.45) is 11.8 Å². The number of fused-ring (bicyclic) bond motifs is 1. The van der Waals surface area contributed by atoms with E-state index in [-0.39, 0.29) is 41.7 Å². The highest BCUT2D eigenvalue weighted by Crippen LogP contribution is 2.42. The summed E-state index contributed by atoms with van der Waals surface area (Å²) >= 11 is 0. The Labute approximate surface area is 239 Å². The van der Waals surface area contributed by atoms with Crippen LogP contribution in [0, 0.1) is 11.8 Å². The molecule has 2 aliphatic heterocycles. The summed E-state index contributed by atoms with van der Waals surface area (Å²) in [5.41, 5.74) is 0.351. The lowest BCUT2D eigenvalue weighted by Gasteiger charge is -2.39. The van der Waals surface area contributed by atoms with Gasteiger partial charge in [-0.1, -0.05) is 18.9 Å². The molecular formula is C31H48BF3N2O3. The van der Waals surface area contributed by atoms with E-state index in [1.807, 2.05) is 20.8 Å². The van der Waals surface area contributed by atoms with E-state index in [4.69, 9.17) is 9.31 Å². The maximum Gasteiger partial charge on any atom is 0.457 e. The van der Waals surface area contributed by atoms with Crippen molar-refractivity contribution < 1.29 is 27.3 Å². The Hall–Kier alpha value is -1.58. The van der Waals surface area contributed by atoms with Gasteiger partial charge in [0.15, 0.2) is 0 Å². The number of nitrogens with zero attached hydrogens (tertiary/aromatic N) is 1. The summed E-state index contributed by atoms with van der Waals surface area (Å²) in [6.07, 6.45) is 2.60. The van der Waals surface area contributed by atoms with Crippen molar-refractivity contribution in [2.45, 2.75) is 129 Å². The molecule has 0 radical (unpaired) electrons. The minimum atomic E-state index is -4.31. The minimum absolute atomic E-state index is 0.0510. The average molecular weight is 565 g/mol. The van der Waals surface area contributed by atoms with E-state index in [9.17, 15) is 18.0 Å². The van der Waals surface area contributed by atoms with Crippen molar-refractivity contribution in [3.05, 3.63) is 34.9 Å². The Kier molecular flexibility index (Phi) is 9.10. The minimum Gasteiger partial charge on any atom is -0.403 e. The molecule has 9 heteroatoms. The van der Waals surface area contributed by atoms with Gasteiger partial charge in [0.25, 0.3) is 0 Å². The molecule has 0 spiro atoms. The Morgan fingerprint density at radius 2 is 1.68 bits per heavy atom. The summed E-state index contributed by atoms with van der Waals surface area (Å²) in [7, 11) is -0.211. The first kappa shape index (κ1) is 31.4. The second-order valence-electron chi connectivity index (χ2n) is 14.2. The van der Waals surface area contributed by atoms with Crippen LogP contribution in [0.5, 0.6) is 0 Å². The Balaban J connectivity index is 1.33. The predicted molar refractivity (Wildman–Crippen MR) is 153 cm³/mol. The van der Waals surface area contributed by atoms with Crippen LogP contribution >= 0.6 is 0 Å². The number of nitrogens with one attached hydrogen (secondary N) is 1. The van der Waals surface area contributed by atoms with E-state index in [1.165, 1.54) is 12.1 Å².